The zero-order valence-corrected chi connectivity index (χ0v) is 12.0. The van der Waals surface area contributed by atoms with Crippen LogP contribution in [0.15, 0.2) is 34.5 Å². The van der Waals surface area contributed by atoms with Crippen LogP contribution in [0.5, 0.6) is 0 Å². The number of allylic oxidation sites excluding steroid dienone is 2. The standard InChI is InChI=1S/C15H17BrO2/c1-3-5-6-8-13-12-9-7-10-14(17-12)15(18-13)11(16)4-2/h1,5-7,10,12-14H,4,8-9H2,2H3/b6-5+,15-11+/t12-,13+,14+/m1/s1. The fourth-order valence-electron chi connectivity index (χ4n) is 2.18. The Balaban J connectivity index is 2.16. The molecule has 2 aliphatic rings. The second-order valence-electron chi connectivity index (χ2n) is 4.34. The largest absolute Gasteiger partial charge is 0.488 e. The zero-order chi connectivity index (χ0) is 13.0. The molecule has 3 atom stereocenters. The van der Waals surface area contributed by atoms with Crippen LogP contribution in [-0.4, -0.2) is 18.3 Å². The van der Waals surface area contributed by atoms with Gasteiger partial charge in [-0.25, -0.2) is 0 Å². The summed E-state index contributed by atoms with van der Waals surface area (Å²) >= 11 is 3.56. The average molecular weight is 309 g/mol. The van der Waals surface area contributed by atoms with E-state index in [0.29, 0.717) is 0 Å². The van der Waals surface area contributed by atoms with E-state index in [1.165, 1.54) is 0 Å². The first-order valence-electron chi connectivity index (χ1n) is 6.24. The molecule has 2 aliphatic heterocycles. The highest BCUT2D eigenvalue weighted by molar-refractivity contribution is 9.11. The summed E-state index contributed by atoms with van der Waals surface area (Å²) in [7, 11) is 0. The van der Waals surface area contributed by atoms with E-state index in [9.17, 15) is 0 Å². The molecule has 1 fully saturated rings. The Kier molecular flexibility index (Phi) is 4.68. The molecule has 0 aromatic carbocycles. The van der Waals surface area contributed by atoms with Crippen molar-refractivity contribution in [1.29, 1.82) is 0 Å². The molecule has 0 saturated carbocycles. The maximum atomic E-state index is 6.09. The quantitative estimate of drug-likeness (QED) is 0.585. The first kappa shape index (κ1) is 13.5. The van der Waals surface area contributed by atoms with Crippen molar-refractivity contribution in [1.82, 2.24) is 0 Å². The van der Waals surface area contributed by atoms with Gasteiger partial charge in [-0.3, -0.25) is 0 Å². The minimum atomic E-state index is -0.0362. The molecule has 0 spiro atoms. The molecule has 0 aromatic heterocycles. The topological polar surface area (TPSA) is 18.5 Å². The molecule has 0 unspecified atom stereocenters. The predicted octanol–water partition coefficient (Wildman–Crippen LogP) is 3.69. The zero-order valence-electron chi connectivity index (χ0n) is 10.4. The van der Waals surface area contributed by atoms with Crippen LogP contribution in [-0.2, 0) is 9.47 Å². The van der Waals surface area contributed by atoms with Gasteiger partial charge in [0.15, 0.2) is 0 Å². The Morgan fingerprint density at radius 2 is 2.50 bits per heavy atom. The number of ether oxygens (including phenoxy) is 2. The summed E-state index contributed by atoms with van der Waals surface area (Å²) in [6.07, 6.45) is 15.9. The summed E-state index contributed by atoms with van der Waals surface area (Å²) in [5.74, 6) is 3.40. The van der Waals surface area contributed by atoms with Crippen molar-refractivity contribution in [2.45, 2.75) is 44.5 Å². The van der Waals surface area contributed by atoms with Gasteiger partial charge in [0, 0.05) is 10.9 Å². The normalized spacial score (nSPS) is 33.1. The van der Waals surface area contributed by atoms with Crippen LogP contribution in [0, 0.1) is 12.3 Å². The maximum absolute atomic E-state index is 6.09. The Morgan fingerprint density at radius 1 is 1.67 bits per heavy atom. The molecule has 1 saturated heterocycles. The third-order valence-corrected chi connectivity index (χ3v) is 4.06. The van der Waals surface area contributed by atoms with Gasteiger partial charge in [0.1, 0.15) is 18.0 Å². The molecule has 96 valence electrons. The first-order valence-corrected chi connectivity index (χ1v) is 7.04. The summed E-state index contributed by atoms with van der Waals surface area (Å²) in [6.45, 7) is 2.09. The lowest BCUT2D eigenvalue weighted by molar-refractivity contribution is -0.130. The predicted molar refractivity (Wildman–Crippen MR) is 76.1 cm³/mol. The molecular weight excluding hydrogens is 292 g/mol. The van der Waals surface area contributed by atoms with Crippen molar-refractivity contribution in [3.05, 3.63) is 34.5 Å². The van der Waals surface area contributed by atoms with Gasteiger partial charge in [0.2, 0.25) is 0 Å². The fourth-order valence-corrected chi connectivity index (χ4v) is 2.50. The molecule has 2 rings (SSSR count). The Bertz CT molecular complexity index is 428. The average Bonchev–Trinajstić information content (AvgIpc) is 2.41. The van der Waals surface area contributed by atoms with Crippen molar-refractivity contribution < 1.29 is 9.47 Å². The molecule has 0 N–H and O–H groups in total. The Labute approximate surface area is 117 Å². The fraction of sp³-hybridized carbons (Fsp3) is 0.467. The van der Waals surface area contributed by atoms with Gasteiger partial charge >= 0.3 is 0 Å². The highest BCUT2D eigenvalue weighted by atomic mass is 79.9. The molecule has 3 heteroatoms. The molecule has 0 aromatic rings. The lowest BCUT2D eigenvalue weighted by Crippen LogP contribution is -2.43. The van der Waals surface area contributed by atoms with Crippen LogP contribution < -0.4 is 0 Å². The number of terminal acetylenes is 1. The van der Waals surface area contributed by atoms with Crippen molar-refractivity contribution in [3.63, 3.8) is 0 Å². The van der Waals surface area contributed by atoms with Gasteiger partial charge in [-0.2, -0.15) is 0 Å². The number of halogens is 1. The third kappa shape index (κ3) is 2.88. The number of fused-ring (bicyclic) bond motifs is 2. The summed E-state index contributed by atoms with van der Waals surface area (Å²) < 4.78 is 13.2. The monoisotopic (exact) mass is 308 g/mol. The van der Waals surface area contributed by atoms with E-state index in [1.807, 2.05) is 6.08 Å². The van der Waals surface area contributed by atoms with Gasteiger partial charge < -0.3 is 9.47 Å². The number of rotatable bonds is 3. The highest BCUT2D eigenvalue weighted by Gasteiger charge is 2.36. The van der Waals surface area contributed by atoms with Gasteiger partial charge in [-0.1, -0.05) is 47.0 Å². The van der Waals surface area contributed by atoms with E-state index < -0.39 is 0 Å². The van der Waals surface area contributed by atoms with E-state index in [0.717, 1.165) is 29.5 Å². The summed E-state index contributed by atoms with van der Waals surface area (Å²) in [5, 5.41) is 0. The van der Waals surface area contributed by atoms with Crippen LogP contribution in [0.25, 0.3) is 0 Å². The van der Waals surface area contributed by atoms with Crippen LogP contribution in [0.4, 0.5) is 0 Å². The lowest BCUT2D eigenvalue weighted by Gasteiger charge is -2.40. The van der Waals surface area contributed by atoms with Crippen LogP contribution in [0.1, 0.15) is 26.2 Å². The van der Waals surface area contributed by atoms with Crippen molar-refractivity contribution in [3.8, 4) is 12.3 Å². The summed E-state index contributed by atoms with van der Waals surface area (Å²) in [6, 6.07) is 0. The first-order chi connectivity index (χ1) is 8.76. The van der Waals surface area contributed by atoms with E-state index in [4.69, 9.17) is 15.9 Å². The Hall–Kier alpha value is -0.980. The van der Waals surface area contributed by atoms with Crippen LogP contribution >= 0.6 is 15.9 Å². The van der Waals surface area contributed by atoms with Crippen molar-refractivity contribution in [2.24, 2.45) is 0 Å². The molecule has 2 nitrogen and oxygen atoms in total. The molecule has 0 amide bonds. The second-order valence-corrected chi connectivity index (χ2v) is 5.30. The van der Waals surface area contributed by atoms with Gasteiger partial charge in [0.05, 0.1) is 6.10 Å². The minimum absolute atomic E-state index is 0.0362. The minimum Gasteiger partial charge on any atom is -0.488 e. The van der Waals surface area contributed by atoms with Gasteiger partial charge in [-0.05, 0) is 18.9 Å². The molecule has 0 radical (unpaired) electrons. The second kappa shape index (κ2) is 6.26. The molecule has 18 heavy (non-hydrogen) atoms. The molecule has 0 aliphatic carbocycles. The number of hydrogen-bond donors (Lipinski definition) is 0. The SMILES string of the molecule is C#C/C=C/C[C@@H]1O/C(=C(/Br)CC)[C@@H]2C=CC[C@H]1O2. The molecule has 2 bridgehead atoms. The van der Waals surface area contributed by atoms with E-state index in [2.05, 4.69) is 40.9 Å². The number of hydrogen-bond acceptors (Lipinski definition) is 2. The molecule has 2 heterocycles. The van der Waals surface area contributed by atoms with Crippen LogP contribution in [0.3, 0.4) is 0 Å². The summed E-state index contributed by atoms with van der Waals surface area (Å²) in [5.41, 5.74) is 0. The van der Waals surface area contributed by atoms with E-state index >= 15 is 0 Å². The maximum Gasteiger partial charge on any atom is 0.139 e. The summed E-state index contributed by atoms with van der Waals surface area (Å²) in [4.78, 5) is 0. The third-order valence-electron chi connectivity index (χ3n) is 3.11. The molecular formula is C15H17BrO2. The Morgan fingerprint density at radius 3 is 3.22 bits per heavy atom. The highest BCUT2D eigenvalue weighted by Crippen LogP contribution is 2.35. The van der Waals surface area contributed by atoms with Gasteiger partial charge in [-0.15, -0.1) is 6.42 Å². The van der Waals surface area contributed by atoms with Crippen molar-refractivity contribution >= 4 is 15.9 Å². The van der Waals surface area contributed by atoms with Crippen molar-refractivity contribution in [2.75, 3.05) is 0 Å². The lowest BCUT2D eigenvalue weighted by atomic mass is 9.99. The smallest absolute Gasteiger partial charge is 0.139 e. The van der Waals surface area contributed by atoms with Crippen LogP contribution in [0.2, 0.25) is 0 Å². The van der Waals surface area contributed by atoms with E-state index in [1.54, 1.807) is 6.08 Å². The van der Waals surface area contributed by atoms with Gasteiger partial charge in [0.25, 0.3) is 0 Å². The van der Waals surface area contributed by atoms with E-state index in [-0.39, 0.29) is 18.3 Å².